The van der Waals surface area contributed by atoms with Gasteiger partial charge in [-0.05, 0) is 24.8 Å². The van der Waals surface area contributed by atoms with E-state index < -0.39 is 5.97 Å². The third kappa shape index (κ3) is 2.46. The highest BCUT2D eigenvalue weighted by Crippen LogP contribution is 2.33. The first-order valence-electron chi connectivity index (χ1n) is 7.03. The lowest BCUT2D eigenvalue weighted by Gasteiger charge is -2.21. The van der Waals surface area contributed by atoms with Crippen LogP contribution < -0.4 is 0 Å². The fourth-order valence-corrected chi connectivity index (χ4v) is 2.77. The van der Waals surface area contributed by atoms with E-state index in [1.54, 1.807) is 6.92 Å². The number of nitrogens with zero attached hydrogens (tertiary/aromatic N) is 1. The molecule has 1 atom stereocenters. The number of hydrogen-bond acceptors (Lipinski definition) is 4. The number of H-pyrrole nitrogens is 1. The second-order valence-electron chi connectivity index (χ2n) is 5.09. The number of aromatic amines is 1. The van der Waals surface area contributed by atoms with Gasteiger partial charge in [-0.1, -0.05) is 30.3 Å². The van der Waals surface area contributed by atoms with Crippen LogP contribution in [0, 0.1) is 0 Å². The average molecular weight is 284 g/mol. The summed E-state index contributed by atoms with van der Waals surface area (Å²) in [6, 6.07) is 9.87. The number of rotatable bonds is 3. The Labute approximate surface area is 122 Å². The second kappa shape index (κ2) is 5.52. The predicted octanol–water partition coefficient (Wildman–Crippen LogP) is 2.50. The lowest BCUT2D eigenvalue weighted by atomic mass is 9.81. The van der Waals surface area contributed by atoms with Gasteiger partial charge in [-0.15, -0.1) is 0 Å². The van der Waals surface area contributed by atoms with Crippen LogP contribution in [0.25, 0.3) is 0 Å². The van der Waals surface area contributed by atoms with E-state index in [-0.39, 0.29) is 11.7 Å². The van der Waals surface area contributed by atoms with E-state index in [9.17, 15) is 9.59 Å². The van der Waals surface area contributed by atoms with Crippen LogP contribution in [0.3, 0.4) is 0 Å². The van der Waals surface area contributed by atoms with Gasteiger partial charge in [-0.2, -0.15) is 5.10 Å². The molecule has 0 saturated carbocycles. The van der Waals surface area contributed by atoms with E-state index in [1.807, 2.05) is 30.3 Å². The Morgan fingerprint density at radius 3 is 2.81 bits per heavy atom. The minimum atomic E-state index is -0.451. The average Bonchev–Trinajstić information content (AvgIpc) is 2.93. The standard InChI is InChI=1S/C16H16N2O3/c1-2-21-16(20)15-12-8-11(10-6-4-3-5-7-10)9-13(19)14(12)17-18-15/h3-7,11H,2,8-9H2,1H3,(H,17,18). The molecule has 1 N–H and O–H groups in total. The molecule has 1 aliphatic carbocycles. The largest absolute Gasteiger partial charge is 0.461 e. The molecule has 5 heteroatoms. The minimum Gasteiger partial charge on any atom is -0.461 e. The number of aromatic nitrogens is 2. The zero-order valence-electron chi connectivity index (χ0n) is 11.8. The Morgan fingerprint density at radius 2 is 2.10 bits per heavy atom. The number of carbonyl (C=O) groups excluding carboxylic acids is 2. The quantitative estimate of drug-likeness (QED) is 0.879. The summed E-state index contributed by atoms with van der Waals surface area (Å²) in [4.78, 5) is 24.2. The monoisotopic (exact) mass is 284 g/mol. The van der Waals surface area contributed by atoms with Gasteiger partial charge in [0.05, 0.1) is 6.61 Å². The van der Waals surface area contributed by atoms with E-state index in [2.05, 4.69) is 10.2 Å². The summed E-state index contributed by atoms with van der Waals surface area (Å²) < 4.78 is 5.01. The summed E-state index contributed by atoms with van der Waals surface area (Å²) in [5.74, 6) is -0.401. The van der Waals surface area contributed by atoms with Gasteiger partial charge in [0.2, 0.25) is 0 Å². The van der Waals surface area contributed by atoms with Crippen molar-refractivity contribution in [2.24, 2.45) is 0 Å². The lowest BCUT2D eigenvalue weighted by Crippen LogP contribution is -2.20. The van der Waals surface area contributed by atoms with Gasteiger partial charge in [0.15, 0.2) is 5.78 Å². The second-order valence-corrected chi connectivity index (χ2v) is 5.09. The highest BCUT2D eigenvalue weighted by molar-refractivity contribution is 6.01. The van der Waals surface area contributed by atoms with E-state index in [1.165, 1.54) is 0 Å². The van der Waals surface area contributed by atoms with Gasteiger partial charge in [0.25, 0.3) is 0 Å². The van der Waals surface area contributed by atoms with Gasteiger partial charge in [-0.25, -0.2) is 4.79 Å². The number of esters is 1. The molecule has 0 amide bonds. The molecule has 0 fully saturated rings. The Morgan fingerprint density at radius 1 is 1.33 bits per heavy atom. The first-order valence-corrected chi connectivity index (χ1v) is 7.03. The van der Waals surface area contributed by atoms with Crippen LogP contribution in [-0.2, 0) is 11.2 Å². The maximum atomic E-state index is 12.2. The third-order valence-electron chi connectivity index (χ3n) is 3.76. The first kappa shape index (κ1) is 13.5. The smallest absolute Gasteiger partial charge is 0.356 e. The van der Waals surface area contributed by atoms with Crippen molar-refractivity contribution < 1.29 is 14.3 Å². The fourth-order valence-electron chi connectivity index (χ4n) is 2.77. The zero-order chi connectivity index (χ0) is 14.8. The maximum Gasteiger partial charge on any atom is 0.356 e. The number of Topliss-reactive ketones (excluding diaryl/α,β-unsaturated/α-hetero) is 1. The van der Waals surface area contributed by atoms with Crippen molar-refractivity contribution in [3.05, 3.63) is 52.8 Å². The Kier molecular flexibility index (Phi) is 3.56. The Bertz CT molecular complexity index is 676. The van der Waals surface area contributed by atoms with E-state index in [0.29, 0.717) is 36.4 Å². The number of ketones is 1. The molecule has 3 rings (SSSR count). The molecule has 0 bridgehead atoms. The van der Waals surface area contributed by atoms with Crippen molar-refractivity contribution in [3.8, 4) is 0 Å². The van der Waals surface area contributed by atoms with Gasteiger partial charge in [0, 0.05) is 12.0 Å². The van der Waals surface area contributed by atoms with Gasteiger partial charge >= 0.3 is 5.97 Å². The van der Waals surface area contributed by atoms with Crippen molar-refractivity contribution in [1.82, 2.24) is 10.2 Å². The minimum absolute atomic E-state index is 0.0306. The molecule has 0 aliphatic heterocycles. The van der Waals surface area contributed by atoms with E-state index in [4.69, 9.17) is 4.74 Å². The van der Waals surface area contributed by atoms with Crippen LogP contribution in [-0.4, -0.2) is 28.6 Å². The molecule has 2 aromatic rings. The zero-order valence-corrected chi connectivity index (χ0v) is 11.8. The molecule has 1 unspecified atom stereocenters. The van der Waals surface area contributed by atoms with Crippen molar-refractivity contribution in [2.75, 3.05) is 6.61 Å². The molecule has 0 saturated heterocycles. The topological polar surface area (TPSA) is 72.1 Å². The summed E-state index contributed by atoms with van der Waals surface area (Å²) in [5, 5.41) is 6.65. The molecule has 5 nitrogen and oxygen atoms in total. The van der Waals surface area contributed by atoms with Crippen molar-refractivity contribution in [1.29, 1.82) is 0 Å². The SMILES string of the molecule is CCOC(=O)c1[nH]nc2c1CC(c1ccccc1)CC2=O. The molecule has 108 valence electrons. The molecule has 1 heterocycles. The maximum absolute atomic E-state index is 12.2. The number of carbonyl (C=O) groups is 2. The normalized spacial score (nSPS) is 17.4. The van der Waals surface area contributed by atoms with Crippen molar-refractivity contribution >= 4 is 11.8 Å². The molecule has 0 spiro atoms. The van der Waals surface area contributed by atoms with Crippen LogP contribution in [0.5, 0.6) is 0 Å². The summed E-state index contributed by atoms with van der Waals surface area (Å²) in [6.07, 6.45) is 1.04. The van der Waals surface area contributed by atoms with Crippen LogP contribution >= 0.6 is 0 Å². The number of ether oxygens (including phenoxy) is 1. The number of nitrogens with one attached hydrogen (secondary N) is 1. The number of hydrogen-bond donors (Lipinski definition) is 1. The molecular weight excluding hydrogens is 268 g/mol. The fraction of sp³-hybridized carbons (Fsp3) is 0.312. The summed E-state index contributed by atoms with van der Waals surface area (Å²) in [5.41, 5.74) is 2.47. The molecule has 0 radical (unpaired) electrons. The van der Waals surface area contributed by atoms with E-state index >= 15 is 0 Å². The molecule has 21 heavy (non-hydrogen) atoms. The first-order chi connectivity index (χ1) is 10.2. The molecule has 1 aromatic carbocycles. The number of benzene rings is 1. The summed E-state index contributed by atoms with van der Waals surface area (Å²) >= 11 is 0. The molecular formula is C16H16N2O3. The van der Waals surface area contributed by atoms with Gasteiger partial charge in [-0.3, -0.25) is 9.89 Å². The van der Waals surface area contributed by atoms with Crippen LogP contribution in [0.4, 0.5) is 0 Å². The summed E-state index contributed by atoms with van der Waals surface area (Å²) in [6.45, 7) is 2.04. The summed E-state index contributed by atoms with van der Waals surface area (Å²) in [7, 11) is 0. The van der Waals surface area contributed by atoms with Crippen molar-refractivity contribution in [2.45, 2.75) is 25.7 Å². The third-order valence-corrected chi connectivity index (χ3v) is 3.76. The lowest BCUT2D eigenvalue weighted by molar-refractivity contribution is 0.0518. The van der Waals surface area contributed by atoms with Crippen LogP contribution in [0.2, 0.25) is 0 Å². The van der Waals surface area contributed by atoms with Crippen LogP contribution in [0.15, 0.2) is 30.3 Å². The van der Waals surface area contributed by atoms with Crippen molar-refractivity contribution in [3.63, 3.8) is 0 Å². The van der Waals surface area contributed by atoms with Gasteiger partial charge in [0.1, 0.15) is 11.4 Å². The van der Waals surface area contributed by atoms with Gasteiger partial charge < -0.3 is 4.74 Å². The highest BCUT2D eigenvalue weighted by Gasteiger charge is 2.32. The Hall–Kier alpha value is -2.43. The molecule has 1 aliphatic rings. The number of fused-ring (bicyclic) bond motifs is 1. The predicted molar refractivity (Wildman–Crippen MR) is 76.4 cm³/mol. The van der Waals surface area contributed by atoms with Crippen LogP contribution in [0.1, 0.15) is 51.4 Å². The highest BCUT2D eigenvalue weighted by atomic mass is 16.5. The Balaban J connectivity index is 1.95. The molecule has 1 aromatic heterocycles. The van der Waals surface area contributed by atoms with E-state index in [0.717, 1.165) is 5.56 Å².